The molecule has 1 fully saturated rings. The molecule has 2 aromatic rings. The summed E-state index contributed by atoms with van der Waals surface area (Å²) in [6.45, 7) is 5.20. The van der Waals surface area contributed by atoms with Crippen LogP contribution in [0.25, 0.3) is 11.3 Å². The van der Waals surface area contributed by atoms with Crippen LogP contribution >= 0.6 is 0 Å². The van der Waals surface area contributed by atoms with E-state index in [1.54, 1.807) is 0 Å². The van der Waals surface area contributed by atoms with Crippen molar-refractivity contribution in [3.63, 3.8) is 0 Å². The molecular formula is C23H27F3N2O3. The predicted molar refractivity (Wildman–Crippen MR) is 110 cm³/mol. The van der Waals surface area contributed by atoms with Crippen molar-refractivity contribution in [1.29, 1.82) is 0 Å². The van der Waals surface area contributed by atoms with Gasteiger partial charge in [-0.2, -0.15) is 13.2 Å². The van der Waals surface area contributed by atoms with Gasteiger partial charge in [0, 0.05) is 30.6 Å². The van der Waals surface area contributed by atoms with Gasteiger partial charge in [-0.05, 0) is 49.9 Å². The molecule has 168 valence electrons. The largest absolute Gasteiger partial charge is 0.451 e. The minimum Gasteiger partial charge on any atom is -0.451 e. The van der Waals surface area contributed by atoms with E-state index >= 15 is 0 Å². The van der Waals surface area contributed by atoms with Crippen LogP contribution in [0.3, 0.4) is 0 Å². The Kier molecular flexibility index (Phi) is 7.08. The molecule has 1 aromatic heterocycles. The van der Waals surface area contributed by atoms with E-state index in [2.05, 4.69) is 5.32 Å². The second kappa shape index (κ2) is 9.58. The summed E-state index contributed by atoms with van der Waals surface area (Å²) in [4.78, 5) is 26.9. The highest BCUT2D eigenvalue weighted by atomic mass is 19.4. The lowest BCUT2D eigenvalue weighted by Crippen LogP contribution is -2.48. The molecule has 0 bridgehead atoms. The maximum atomic E-state index is 12.9. The first-order valence-corrected chi connectivity index (χ1v) is 10.6. The van der Waals surface area contributed by atoms with Gasteiger partial charge in [0.05, 0.1) is 5.56 Å². The van der Waals surface area contributed by atoms with Crippen molar-refractivity contribution in [2.24, 2.45) is 5.92 Å². The van der Waals surface area contributed by atoms with Crippen molar-refractivity contribution < 1.29 is 27.2 Å². The number of hydrogen-bond acceptors (Lipinski definition) is 3. The lowest BCUT2D eigenvalue weighted by Gasteiger charge is -2.34. The highest BCUT2D eigenvalue weighted by molar-refractivity contribution is 5.92. The van der Waals surface area contributed by atoms with E-state index in [9.17, 15) is 22.8 Å². The number of rotatable bonds is 6. The molecule has 0 spiro atoms. The zero-order valence-electron chi connectivity index (χ0n) is 17.7. The average molecular weight is 436 g/mol. The van der Waals surface area contributed by atoms with Gasteiger partial charge in [0.1, 0.15) is 5.76 Å². The number of nitrogens with one attached hydrogen (secondary N) is 1. The molecule has 0 radical (unpaired) electrons. The number of benzene rings is 1. The molecule has 0 unspecified atom stereocenters. The molecule has 1 aromatic carbocycles. The quantitative estimate of drug-likeness (QED) is 0.684. The van der Waals surface area contributed by atoms with Crippen LogP contribution in [0.1, 0.15) is 55.6 Å². The van der Waals surface area contributed by atoms with Crippen LogP contribution < -0.4 is 5.32 Å². The standard InChI is InChI=1S/C23H27F3N2O3/c1-3-15(4-2)22(30)28-12-10-18(11-13-28)27-21(29)20-9-8-19(31-20)16-6-5-7-17(14-16)23(24,25)26/h5-9,14-15,18H,3-4,10-13H2,1-2H3,(H,27,29). The van der Waals surface area contributed by atoms with Gasteiger partial charge in [-0.15, -0.1) is 0 Å². The molecule has 0 aliphatic carbocycles. The first-order valence-electron chi connectivity index (χ1n) is 10.6. The fourth-order valence-electron chi connectivity index (χ4n) is 3.86. The van der Waals surface area contributed by atoms with Crippen LogP contribution in [0, 0.1) is 5.92 Å². The van der Waals surface area contributed by atoms with Crippen LogP contribution in [0.2, 0.25) is 0 Å². The number of carbonyl (C=O) groups is 2. The molecule has 31 heavy (non-hydrogen) atoms. The zero-order valence-corrected chi connectivity index (χ0v) is 17.7. The van der Waals surface area contributed by atoms with Crippen molar-refractivity contribution in [3.05, 3.63) is 47.7 Å². The van der Waals surface area contributed by atoms with E-state index in [1.807, 2.05) is 18.7 Å². The number of furan rings is 1. The number of halogens is 3. The Balaban J connectivity index is 1.58. The number of carbonyl (C=O) groups excluding carboxylic acids is 2. The van der Waals surface area contributed by atoms with Crippen molar-refractivity contribution in [1.82, 2.24) is 10.2 Å². The Bertz CT molecular complexity index is 911. The summed E-state index contributed by atoms with van der Waals surface area (Å²) in [6, 6.07) is 7.64. The number of nitrogens with zero attached hydrogens (tertiary/aromatic N) is 1. The summed E-state index contributed by atoms with van der Waals surface area (Å²) in [6.07, 6.45) is -1.51. The highest BCUT2D eigenvalue weighted by Crippen LogP contribution is 2.32. The maximum absolute atomic E-state index is 12.9. The first-order chi connectivity index (χ1) is 14.7. The van der Waals surface area contributed by atoms with Gasteiger partial charge >= 0.3 is 6.18 Å². The fraction of sp³-hybridized carbons (Fsp3) is 0.478. The lowest BCUT2D eigenvalue weighted by atomic mass is 9.98. The summed E-state index contributed by atoms with van der Waals surface area (Å²) in [5.74, 6) is 0.0443. The normalized spacial score (nSPS) is 15.4. The molecule has 1 aliphatic heterocycles. The van der Waals surface area contributed by atoms with Gasteiger partial charge in [0.2, 0.25) is 5.91 Å². The molecule has 2 heterocycles. The van der Waals surface area contributed by atoms with E-state index in [0.717, 1.165) is 25.0 Å². The van der Waals surface area contributed by atoms with Crippen molar-refractivity contribution in [3.8, 4) is 11.3 Å². The second-order valence-corrected chi connectivity index (χ2v) is 7.83. The van der Waals surface area contributed by atoms with Gasteiger partial charge in [-0.1, -0.05) is 26.0 Å². The molecule has 0 atom stereocenters. The summed E-state index contributed by atoms with van der Waals surface area (Å²) in [5.41, 5.74) is -0.524. The number of likely N-dealkylation sites (tertiary alicyclic amines) is 1. The molecule has 0 saturated carbocycles. The fourth-order valence-corrected chi connectivity index (χ4v) is 3.86. The summed E-state index contributed by atoms with van der Waals surface area (Å²) >= 11 is 0. The molecule has 2 amide bonds. The number of alkyl halides is 3. The molecular weight excluding hydrogens is 409 g/mol. The third-order valence-corrected chi connectivity index (χ3v) is 5.78. The smallest absolute Gasteiger partial charge is 0.416 e. The van der Waals surface area contributed by atoms with Crippen LogP contribution in [0.4, 0.5) is 13.2 Å². The Hall–Kier alpha value is -2.77. The van der Waals surface area contributed by atoms with Crippen molar-refractivity contribution >= 4 is 11.8 Å². The third kappa shape index (κ3) is 5.48. The molecule has 3 rings (SSSR count). The minimum atomic E-state index is -4.45. The molecule has 1 saturated heterocycles. The van der Waals surface area contributed by atoms with E-state index in [1.165, 1.54) is 24.3 Å². The summed E-state index contributed by atoms with van der Waals surface area (Å²) < 4.78 is 44.3. The maximum Gasteiger partial charge on any atom is 0.416 e. The van der Waals surface area contributed by atoms with Gasteiger partial charge in [-0.3, -0.25) is 9.59 Å². The molecule has 1 aliphatic rings. The lowest BCUT2D eigenvalue weighted by molar-refractivity contribution is -0.138. The van der Waals surface area contributed by atoms with Crippen molar-refractivity contribution in [2.45, 2.75) is 51.7 Å². The number of hydrogen-bond donors (Lipinski definition) is 1. The van der Waals surface area contributed by atoms with E-state index in [4.69, 9.17) is 4.42 Å². The molecule has 5 nitrogen and oxygen atoms in total. The van der Waals surface area contributed by atoms with Gasteiger partial charge in [-0.25, -0.2) is 0 Å². The first kappa shape index (κ1) is 22.9. The number of piperidine rings is 1. The van der Waals surface area contributed by atoms with E-state index in [-0.39, 0.29) is 35.0 Å². The van der Waals surface area contributed by atoms with Crippen LogP contribution in [-0.2, 0) is 11.0 Å². The minimum absolute atomic E-state index is 0.0444. The van der Waals surface area contributed by atoms with Gasteiger partial charge in [0.15, 0.2) is 5.76 Å². The SMILES string of the molecule is CCC(CC)C(=O)N1CCC(NC(=O)c2ccc(-c3cccc(C(F)(F)F)c3)o2)CC1. The van der Waals surface area contributed by atoms with Gasteiger partial charge < -0.3 is 14.6 Å². The van der Waals surface area contributed by atoms with Crippen LogP contribution in [-0.4, -0.2) is 35.8 Å². The van der Waals surface area contributed by atoms with Gasteiger partial charge in [0.25, 0.3) is 5.91 Å². The van der Waals surface area contributed by atoms with E-state index in [0.29, 0.717) is 25.9 Å². The summed E-state index contributed by atoms with van der Waals surface area (Å²) in [7, 11) is 0. The predicted octanol–water partition coefficient (Wildman–Crippen LogP) is 5.12. The highest BCUT2D eigenvalue weighted by Gasteiger charge is 2.31. The average Bonchev–Trinajstić information content (AvgIpc) is 3.25. The summed E-state index contributed by atoms with van der Waals surface area (Å²) in [5, 5.41) is 2.90. The Morgan fingerprint density at radius 2 is 1.81 bits per heavy atom. The molecule has 8 heteroatoms. The Morgan fingerprint density at radius 3 is 2.42 bits per heavy atom. The third-order valence-electron chi connectivity index (χ3n) is 5.78. The second-order valence-electron chi connectivity index (χ2n) is 7.83. The number of amides is 2. The monoisotopic (exact) mass is 436 g/mol. The Labute approximate surface area is 179 Å². The molecule has 1 N–H and O–H groups in total. The van der Waals surface area contributed by atoms with Crippen LogP contribution in [0.15, 0.2) is 40.8 Å². The zero-order chi connectivity index (χ0) is 22.6. The van der Waals surface area contributed by atoms with Crippen LogP contribution in [0.5, 0.6) is 0 Å². The van der Waals surface area contributed by atoms with Crippen molar-refractivity contribution in [2.75, 3.05) is 13.1 Å². The topological polar surface area (TPSA) is 62.6 Å². The van der Waals surface area contributed by atoms with E-state index < -0.39 is 17.6 Å². The Morgan fingerprint density at radius 1 is 1.13 bits per heavy atom.